The highest BCUT2D eigenvalue weighted by Gasteiger charge is 2.27. The smallest absolute Gasteiger partial charge is 0.273 e. The second-order valence-corrected chi connectivity index (χ2v) is 7.41. The third-order valence-electron chi connectivity index (χ3n) is 5.25. The molecule has 1 N–H and O–H groups in total. The first-order chi connectivity index (χ1) is 12.0. The summed E-state index contributed by atoms with van der Waals surface area (Å²) in [5.41, 5.74) is 4.95. The molecule has 6 nitrogen and oxygen atoms in total. The molecule has 1 aromatic heterocycles. The fourth-order valence-corrected chi connectivity index (χ4v) is 3.50. The van der Waals surface area contributed by atoms with E-state index in [1.165, 1.54) is 11.1 Å². The molecule has 0 spiro atoms. The van der Waals surface area contributed by atoms with Crippen LogP contribution in [0.5, 0.6) is 0 Å². The van der Waals surface area contributed by atoms with Crippen molar-refractivity contribution in [3.05, 3.63) is 40.7 Å². The Labute approximate surface area is 148 Å². The first kappa shape index (κ1) is 16.3. The van der Waals surface area contributed by atoms with Gasteiger partial charge in [-0.05, 0) is 57.2 Å². The average Bonchev–Trinajstić information content (AvgIpc) is 3.33. The number of amides is 1. The van der Waals surface area contributed by atoms with E-state index in [1.54, 1.807) is 0 Å². The van der Waals surface area contributed by atoms with E-state index < -0.39 is 0 Å². The lowest BCUT2D eigenvalue weighted by molar-refractivity contribution is 0.0945. The molecule has 1 saturated carbocycles. The van der Waals surface area contributed by atoms with Gasteiger partial charge in [-0.3, -0.25) is 9.69 Å². The molecule has 0 bridgehead atoms. The molecule has 1 amide bonds. The Morgan fingerprint density at radius 3 is 2.84 bits per heavy atom. The Kier molecular flexibility index (Phi) is 4.07. The molecule has 4 rings (SSSR count). The van der Waals surface area contributed by atoms with Gasteiger partial charge in [0.15, 0.2) is 5.69 Å². The molecule has 1 aliphatic carbocycles. The topological polar surface area (TPSA) is 63.1 Å². The van der Waals surface area contributed by atoms with Crippen LogP contribution >= 0.6 is 0 Å². The van der Waals surface area contributed by atoms with Crippen LogP contribution in [-0.4, -0.2) is 44.4 Å². The summed E-state index contributed by atoms with van der Waals surface area (Å²) in [7, 11) is 0. The van der Waals surface area contributed by atoms with Gasteiger partial charge in [-0.25, -0.2) is 4.68 Å². The van der Waals surface area contributed by atoms with Crippen LogP contribution in [0.2, 0.25) is 0 Å². The quantitative estimate of drug-likeness (QED) is 0.928. The second kappa shape index (κ2) is 6.26. The number of aromatic nitrogens is 3. The van der Waals surface area contributed by atoms with Gasteiger partial charge in [-0.1, -0.05) is 17.3 Å². The number of hydrogen-bond acceptors (Lipinski definition) is 4. The summed E-state index contributed by atoms with van der Waals surface area (Å²) < 4.78 is 1.83. The van der Waals surface area contributed by atoms with E-state index in [-0.39, 0.29) is 5.91 Å². The predicted molar refractivity (Wildman–Crippen MR) is 95.8 cm³/mol. The zero-order chi connectivity index (χ0) is 17.6. The van der Waals surface area contributed by atoms with Crippen molar-refractivity contribution in [3.8, 4) is 5.69 Å². The first-order valence-electron chi connectivity index (χ1n) is 9.13. The largest absolute Gasteiger partial charge is 0.348 e. The zero-order valence-corrected chi connectivity index (χ0v) is 15.1. The fourth-order valence-electron chi connectivity index (χ4n) is 3.50. The molecule has 0 atom stereocenters. The van der Waals surface area contributed by atoms with Crippen molar-refractivity contribution in [2.24, 2.45) is 0 Å². The number of carbonyl (C=O) groups excluding carboxylic acids is 1. The van der Waals surface area contributed by atoms with E-state index in [0.717, 1.165) is 43.7 Å². The monoisotopic (exact) mass is 339 g/mol. The van der Waals surface area contributed by atoms with E-state index in [2.05, 4.69) is 52.6 Å². The minimum atomic E-state index is -0.109. The van der Waals surface area contributed by atoms with Crippen LogP contribution < -0.4 is 5.32 Å². The van der Waals surface area contributed by atoms with Crippen molar-refractivity contribution in [3.63, 3.8) is 0 Å². The van der Waals surface area contributed by atoms with Crippen LogP contribution in [-0.2, 0) is 13.0 Å². The van der Waals surface area contributed by atoms with Crippen LogP contribution in [0.3, 0.4) is 0 Å². The van der Waals surface area contributed by atoms with Crippen molar-refractivity contribution in [1.29, 1.82) is 0 Å². The maximum absolute atomic E-state index is 12.3. The minimum Gasteiger partial charge on any atom is -0.348 e. The number of rotatable bonds is 4. The molecule has 0 radical (unpaired) electrons. The molecule has 1 fully saturated rings. The van der Waals surface area contributed by atoms with E-state index in [1.807, 2.05) is 11.6 Å². The Hall–Kier alpha value is -2.21. The van der Waals surface area contributed by atoms with Gasteiger partial charge < -0.3 is 5.32 Å². The van der Waals surface area contributed by atoms with Gasteiger partial charge in [0, 0.05) is 25.2 Å². The van der Waals surface area contributed by atoms with Crippen molar-refractivity contribution in [2.75, 3.05) is 6.54 Å². The van der Waals surface area contributed by atoms with E-state index in [9.17, 15) is 4.79 Å². The van der Waals surface area contributed by atoms with E-state index in [4.69, 9.17) is 0 Å². The predicted octanol–water partition coefficient (Wildman–Crippen LogP) is 2.23. The summed E-state index contributed by atoms with van der Waals surface area (Å²) in [6.07, 6.45) is 3.13. The summed E-state index contributed by atoms with van der Waals surface area (Å²) >= 11 is 0. The van der Waals surface area contributed by atoms with Gasteiger partial charge in [-0.2, -0.15) is 0 Å². The maximum atomic E-state index is 12.3. The van der Waals surface area contributed by atoms with Crippen molar-refractivity contribution in [2.45, 2.75) is 58.7 Å². The molecule has 2 aromatic rings. The molecular weight excluding hydrogens is 314 g/mol. The van der Waals surface area contributed by atoms with Crippen LogP contribution in [0.25, 0.3) is 5.69 Å². The van der Waals surface area contributed by atoms with Crippen LogP contribution in [0, 0.1) is 6.92 Å². The molecule has 0 unspecified atom stereocenters. The SMILES string of the molecule is Cc1c(C(=O)NC2CC2)nnn1-c1cccc2c1CCN(C(C)C)C2. The number of carbonyl (C=O) groups is 1. The van der Waals surface area contributed by atoms with Crippen LogP contribution in [0.15, 0.2) is 18.2 Å². The Bertz CT molecular complexity index is 806. The van der Waals surface area contributed by atoms with Crippen molar-refractivity contribution in [1.82, 2.24) is 25.2 Å². The van der Waals surface area contributed by atoms with Gasteiger partial charge in [-0.15, -0.1) is 5.10 Å². The average molecular weight is 339 g/mol. The summed E-state index contributed by atoms with van der Waals surface area (Å²) in [5, 5.41) is 11.4. The molecule has 2 heterocycles. The highest BCUT2D eigenvalue weighted by molar-refractivity contribution is 5.93. The third-order valence-corrected chi connectivity index (χ3v) is 5.25. The first-order valence-corrected chi connectivity index (χ1v) is 9.13. The molecular formula is C19H25N5O. The molecule has 132 valence electrons. The second-order valence-electron chi connectivity index (χ2n) is 7.41. The van der Waals surface area contributed by atoms with Gasteiger partial charge >= 0.3 is 0 Å². The fraction of sp³-hybridized carbons (Fsp3) is 0.526. The summed E-state index contributed by atoms with van der Waals surface area (Å²) in [4.78, 5) is 14.8. The molecule has 2 aliphatic rings. The Balaban J connectivity index is 1.66. The lowest BCUT2D eigenvalue weighted by Gasteiger charge is -2.32. The standard InChI is InChI=1S/C19H25N5O/c1-12(2)23-10-9-16-14(11-23)5-4-6-17(16)24-13(3)18(21-22-24)19(25)20-15-7-8-15/h4-6,12,15H,7-11H2,1-3H3,(H,20,25). The van der Waals surface area contributed by atoms with Gasteiger partial charge in [0.05, 0.1) is 11.4 Å². The number of hydrogen-bond donors (Lipinski definition) is 1. The summed E-state index contributed by atoms with van der Waals surface area (Å²) in [6.45, 7) is 8.40. The number of nitrogens with zero attached hydrogens (tertiary/aromatic N) is 4. The van der Waals surface area contributed by atoms with E-state index in [0.29, 0.717) is 17.8 Å². The molecule has 1 aromatic carbocycles. The summed E-state index contributed by atoms with van der Waals surface area (Å²) in [5.74, 6) is -0.109. The highest BCUT2D eigenvalue weighted by Crippen LogP contribution is 2.27. The van der Waals surface area contributed by atoms with Crippen molar-refractivity contribution >= 4 is 5.91 Å². The van der Waals surface area contributed by atoms with Crippen LogP contribution in [0.1, 0.15) is 54.0 Å². The Morgan fingerprint density at radius 2 is 2.12 bits per heavy atom. The number of nitrogens with one attached hydrogen (secondary N) is 1. The number of benzene rings is 1. The molecule has 6 heteroatoms. The van der Waals surface area contributed by atoms with Gasteiger partial charge in [0.1, 0.15) is 0 Å². The molecule has 0 saturated heterocycles. The van der Waals surface area contributed by atoms with Crippen molar-refractivity contribution < 1.29 is 4.79 Å². The summed E-state index contributed by atoms with van der Waals surface area (Å²) in [6, 6.07) is 7.21. The maximum Gasteiger partial charge on any atom is 0.273 e. The van der Waals surface area contributed by atoms with Gasteiger partial charge in [0.2, 0.25) is 0 Å². The van der Waals surface area contributed by atoms with Crippen LogP contribution in [0.4, 0.5) is 0 Å². The Morgan fingerprint density at radius 1 is 1.32 bits per heavy atom. The molecule has 1 aliphatic heterocycles. The lowest BCUT2D eigenvalue weighted by atomic mass is 9.97. The number of fused-ring (bicyclic) bond motifs is 1. The normalized spacial score (nSPS) is 17.6. The minimum absolute atomic E-state index is 0.109. The molecule has 25 heavy (non-hydrogen) atoms. The van der Waals surface area contributed by atoms with E-state index >= 15 is 0 Å². The third kappa shape index (κ3) is 3.06. The zero-order valence-electron chi connectivity index (χ0n) is 15.1. The lowest BCUT2D eigenvalue weighted by Crippen LogP contribution is -2.36. The van der Waals surface area contributed by atoms with Gasteiger partial charge in [0.25, 0.3) is 5.91 Å². The highest BCUT2D eigenvalue weighted by atomic mass is 16.2.